The van der Waals surface area contributed by atoms with Gasteiger partial charge < -0.3 is 10.0 Å². The van der Waals surface area contributed by atoms with Crippen LogP contribution in [0.2, 0.25) is 0 Å². The van der Waals surface area contributed by atoms with Crippen LogP contribution in [0.15, 0.2) is 24.3 Å². The average Bonchev–Trinajstić information content (AvgIpc) is 2.38. The van der Waals surface area contributed by atoms with Gasteiger partial charge in [-0.05, 0) is 24.1 Å². The van der Waals surface area contributed by atoms with Gasteiger partial charge in [-0.25, -0.2) is 0 Å². The van der Waals surface area contributed by atoms with Crippen LogP contribution >= 0.6 is 0 Å². The van der Waals surface area contributed by atoms with Crippen LogP contribution in [-0.4, -0.2) is 53.5 Å². The van der Waals surface area contributed by atoms with Gasteiger partial charge in [0.15, 0.2) is 0 Å². The van der Waals surface area contributed by atoms with Crippen LogP contribution in [0, 0.1) is 0 Å². The van der Waals surface area contributed by atoms with E-state index in [2.05, 4.69) is 4.90 Å². The van der Waals surface area contributed by atoms with Crippen LogP contribution in [0.5, 0.6) is 5.75 Å². The molecule has 0 saturated carbocycles. The lowest BCUT2D eigenvalue weighted by Gasteiger charge is -2.34. The molecule has 1 amide bonds. The molecule has 0 atom stereocenters. The largest absolute Gasteiger partial charge is 0.508 e. The first kappa shape index (κ1) is 12.9. The fraction of sp³-hybridized carbons (Fsp3) is 0.500. The Morgan fingerprint density at radius 2 is 1.78 bits per heavy atom. The summed E-state index contributed by atoms with van der Waals surface area (Å²) in [6.45, 7) is 6.23. The van der Waals surface area contributed by atoms with Gasteiger partial charge in [-0.3, -0.25) is 9.69 Å². The number of phenols is 1. The summed E-state index contributed by atoms with van der Waals surface area (Å²) >= 11 is 0. The molecule has 0 spiro atoms. The second-order valence-corrected chi connectivity index (χ2v) is 4.76. The van der Waals surface area contributed by atoms with Crippen molar-refractivity contribution in [3.8, 4) is 5.75 Å². The van der Waals surface area contributed by atoms with Crippen molar-refractivity contribution in [2.24, 2.45) is 0 Å². The molecule has 18 heavy (non-hydrogen) atoms. The van der Waals surface area contributed by atoms with Gasteiger partial charge in [0.05, 0.1) is 0 Å². The highest BCUT2D eigenvalue weighted by atomic mass is 16.3. The summed E-state index contributed by atoms with van der Waals surface area (Å²) in [5.41, 5.74) is 1.24. The van der Waals surface area contributed by atoms with E-state index in [9.17, 15) is 9.90 Å². The van der Waals surface area contributed by atoms with Crippen LogP contribution < -0.4 is 0 Å². The molecule has 1 aromatic carbocycles. The van der Waals surface area contributed by atoms with E-state index in [1.807, 2.05) is 17.0 Å². The van der Waals surface area contributed by atoms with Gasteiger partial charge in [-0.2, -0.15) is 0 Å². The average molecular weight is 248 g/mol. The molecule has 1 saturated heterocycles. The molecular weight excluding hydrogens is 228 g/mol. The summed E-state index contributed by atoms with van der Waals surface area (Å²) in [5.74, 6) is 0.488. The molecule has 1 fully saturated rings. The minimum Gasteiger partial charge on any atom is -0.508 e. The molecule has 0 aliphatic carbocycles. The van der Waals surface area contributed by atoms with E-state index in [0.717, 1.165) is 39.1 Å². The number of hydrogen-bond acceptors (Lipinski definition) is 3. The van der Waals surface area contributed by atoms with Crippen molar-refractivity contribution in [3.63, 3.8) is 0 Å². The van der Waals surface area contributed by atoms with Crippen LogP contribution in [0.3, 0.4) is 0 Å². The van der Waals surface area contributed by atoms with E-state index in [-0.39, 0.29) is 5.91 Å². The maximum absolute atomic E-state index is 11.2. The summed E-state index contributed by atoms with van der Waals surface area (Å²) in [4.78, 5) is 15.5. The van der Waals surface area contributed by atoms with E-state index in [4.69, 9.17) is 0 Å². The minimum absolute atomic E-state index is 0.174. The highest BCUT2D eigenvalue weighted by molar-refractivity contribution is 5.73. The van der Waals surface area contributed by atoms with Crippen molar-refractivity contribution in [2.45, 2.75) is 13.3 Å². The molecule has 0 bridgehead atoms. The number of carbonyl (C=O) groups excluding carboxylic acids is 1. The number of aromatic hydroxyl groups is 1. The highest BCUT2D eigenvalue weighted by Gasteiger charge is 2.17. The first-order valence-corrected chi connectivity index (χ1v) is 6.41. The molecular formula is C14H20N2O2. The Kier molecular flexibility index (Phi) is 4.20. The summed E-state index contributed by atoms with van der Waals surface area (Å²) in [7, 11) is 0. The summed E-state index contributed by atoms with van der Waals surface area (Å²) in [5, 5.41) is 9.21. The SMILES string of the molecule is CC(=O)N1CCN(CCc2ccc(O)cc2)CC1. The molecule has 1 aliphatic heterocycles. The van der Waals surface area contributed by atoms with E-state index >= 15 is 0 Å². The van der Waals surface area contributed by atoms with Crippen LogP contribution in [0.25, 0.3) is 0 Å². The summed E-state index contributed by atoms with van der Waals surface area (Å²) < 4.78 is 0. The Hall–Kier alpha value is -1.55. The number of amides is 1. The van der Waals surface area contributed by atoms with Crippen molar-refractivity contribution in [3.05, 3.63) is 29.8 Å². The standard InChI is InChI=1S/C14H20N2O2/c1-12(17)16-10-8-15(9-11-16)7-6-13-2-4-14(18)5-3-13/h2-5,18H,6-11H2,1H3. The second-order valence-electron chi connectivity index (χ2n) is 4.76. The van der Waals surface area contributed by atoms with Crippen molar-refractivity contribution >= 4 is 5.91 Å². The van der Waals surface area contributed by atoms with Gasteiger partial charge in [-0.15, -0.1) is 0 Å². The minimum atomic E-state index is 0.174. The van der Waals surface area contributed by atoms with Crippen LogP contribution in [-0.2, 0) is 11.2 Å². The molecule has 1 aromatic rings. The number of phenolic OH excluding ortho intramolecular Hbond substituents is 1. The molecule has 4 heteroatoms. The highest BCUT2D eigenvalue weighted by Crippen LogP contribution is 2.11. The fourth-order valence-corrected chi connectivity index (χ4v) is 2.24. The van der Waals surface area contributed by atoms with Crippen molar-refractivity contribution < 1.29 is 9.90 Å². The molecule has 1 heterocycles. The molecule has 4 nitrogen and oxygen atoms in total. The number of hydrogen-bond donors (Lipinski definition) is 1. The first-order valence-electron chi connectivity index (χ1n) is 6.41. The Balaban J connectivity index is 1.75. The predicted molar refractivity (Wildman–Crippen MR) is 70.5 cm³/mol. The summed E-state index contributed by atoms with van der Waals surface area (Å²) in [6.07, 6.45) is 0.986. The lowest BCUT2D eigenvalue weighted by atomic mass is 10.1. The Morgan fingerprint density at radius 1 is 1.17 bits per heavy atom. The number of piperazine rings is 1. The maximum Gasteiger partial charge on any atom is 0.219 e. The summed E-state index contributed by atoms with van der Waals surface area (Å²) in [6, 6.07) is 7.37. The van der Waals surface area contributed by atoms with E-state index in [0.29, 0.717) is 5.75 Å². The monoisotopic (exact) mass is 248 g/mol. The van der Waals surface area contributed by atoms with Gasteiger partial charge >= 0.3 is 0 Å². The van der Waals surface area contributed by atoms with Gasteiger partial charge in [0.1, 0.15) is 5.75 Å². The van der Waals surface area contributed by atoms with Gasteiger partial charge in [0, 0.05) is 39.6 Å². The third kappa shape index (κ3) is 3.47. The van der Waals surface area contributed by atoms with Crippen molar-refractivity contribution in [1.29, 1.82) is 0 Å². The predicted octanol–water partition coefficient (Wildman–Crippen LogP) is 1.10. The molecule has 0 radical (unpaired) electrons. The quantitative estimate of drug-likeness (QED) is 0.871. The molecule has 0 aromatic heterocycles. The fourth-order valence-electron chi connectivity index (χ4n) is 2.24. The first-order chi connectivity index (χ1) is 8.65. The topological polar surface area (TPSA) is 43.8 Å². The number of nitrogens with zero attached hydrogens (tertiary/aromatic N) is 2. The molecule has 1 N–H and O–H groups in total. The van der Waals surface area contributed by atoms with Crippen molar-refractivity contribution in [2.75, 3.05) is 32.7 Å². The third-order valence-electron chi connectivity index (χ3n) is 3.47. The van der Waals surface area contributed by atoms with Gasteiger partial charge in [0.25, 0.3) is 0 Å². The van der Waals surface area contributed by atoms with Crippen molar-refractivity contribution in [1.82, 2.24) is 9.80 Å². The normalized spacial score (nSPS) is 16.8. The number of benzene rings is 1. The smallest absolute Gasteiger partial charge is 0.219 e. The van der Waals surface area contributed by atoms with E-state index in [1.54, 1.807) is 19.1 Å². The second kappa shape index (κ2) is 5.87. The molecule has 0 unspecified atom stereocenters. The van der Waals surface area contributed by atoms with Gasteiger partial charge in [0.2, 0.25) is 5.91 Å². The Labute approximate surface area is 108 Å². The van der Waals surface area contributed by atoms with E-state index < -0.39 is 0 Å². The Bertz CT molecular complexity index is 395. The zero-order valence-corrected chi connectivity index (χ0v) is 10.8. The number of rotatable bonds is 3. The molecule has 1 aliphatic rings. The number of carbonyl (C=O) groups is 1. The third-order valence-corrected chi connectivity index (χ3v) is 3.47. The lowest BCUT2D eigenvalue weighted by molar-refractivity contribution is -0.130. The maximum atomic E-state index is 11.2. The Morgan fingerprint density at radius 3 is 2.33 bits per heavy atom. The molecule has 2 rings (SSSR count). The van der Waals surface area contributed by atoms with Crippen LogP contribution in [0.1, 0.15) is 12.5 Å². The molecule has 98 valence electrons. The van der Waals surface area contributed by atoms with Crippen LogP contribution in [0.4, 0.5) is 0 Å². The van der Waals surface area contributed by atoms with Gasteiger partial charge in [-0.1, -0.05) is 12.1 Å². The van der Waals surface area contributed by atoms with E-state index in [1.165, 1.54) is 5.56 Å². The zero-order valence-electron chi connectivity index (χ0n) is 10.8. The zero-order chi connectivity index (χ0) is 13.0. The lowest BCUT2D eigenvalue weighted by Crippen LogP contribution is -2.48.